The Hall–Kier alpha value is -1.95. The van der Waals surface area contributed by atoms with Crippen molar-refractivity contribution < 1.29 is 22.7 Å². The summed E-state index contributed by atoms with van der Waals surface area (Å²) in [6.45, 7) is 3.18. The highest BCUT2D eigenvalue weighted by Crippen LogP contribution is 2.16. The summed E-state index contributed by atoms with van der Waals surface area (Å²) >= 11 is 0. The number of rotatable bonds is 5. The molecule has 0 aliphatic carbocycles. The lowest BCUT2D eigenvalue weighted by atomic mass is 10.1. The summed E-state index contributed by atoms with van der Waals surface area (Å²) in [5.74, 6) is -1.03. The number of hydrogen-bond donors (Lipinski definition) is 0. The zero-order chi connectivity index (χ0) is 15.3. The Labute approximate surface area is 118 Å². The van der Waals surface area contributed by atoms with E-state index in [1.165, 1.54) is 31.4 Å². The topological polar surface area (TPSA) is 77.5 Å². The number of methoxy groups -OCH3 is 1. The molecule has 1 aromatic carbocycles. The summed E-state index contributed by atoms with van der Waals surface area (Å²) in [5, 5.41) is -0.525. The fourth-order valence-electron chi connectivity index (χ4n) is 1.39. The molecule has 0 amide bonds. The standard InChI is InChI=1S/C14H16O5S/c1-10(2)20(17,18)12-6-4-11(5-7-12)13(15)8-9-14(16)19-3/h4-10H,1-3H3/b9-8+. The summed E-state index contributed by atoms with van der Waals surface area (Å²) in [5.41, 5.74) is 0.299. The predicted molar refractivity (Wildman–Crippen MR) is 74.3 cm³/mol. The second-order valence-corrected chi connectivity index (χ2v) is 6.84. The fourth-order valence-corrected chi connectivity index (χ4v) is 2.45. The number of allylic oxidation sites excluding steroid dienone is 1. The van der Waals surface area contributed by atoms with E-state index >= 15 is 0 Å². The average molecular weight is 296 g/mol. The molecular weight excluding hydrogens is 280 g/mol. The second-order valence-electron chi connectivity index (χ2n) is 4.34. The summed E-state index contributed by atoms with van der Waals surface area (Å²) in [6, 6.07) is 5.60. The van der Waals surface area contributed by atoms with Gasteiger partial charge in [-0.25, -0.2) is 13.2 Å². The van der Waals surface area contributed by atoms with Crippen LogP contribution in [0.25, 0.3) is 0 Å². The van der Waals surface area contributed by atoms with Crippen LogP contribution in [0, 0.1) is 0 Å². The summed E-state index contributed by atoms with van der Waals surface area (Å²) in [6.07, 6.45) is 2.10. The molecule has 5 nitrogen and oxygen atoms in total. The van der Waals surface area contributed by atoms with Gasteiger partial charge in [0.2, 0.25) is 0 Å². The van der Waals surface area contributed by atoms with Crippen LogP contribution in [-0.4, -0.2) is 32.5 Å². The zero-order valence-corrected chi connectivity index (χ0v) is 12.3. The monoisotopic (exact) mass is 296 g/mol. The van der Waals surface area contributed by atoms with E-state index in [9.17, 15) is 18.0 Å². The number of esters is 1. The quantitative estimate of drug-likeness (QED) is 0.470. The summed E-state index contributed by atoms with van der Waals surface area (Å²) < 4.78 is 28.2. The van der Waals surface area contributed by atoms with E-state index in [0.717, 1.165) is 12.2 Å². The van der Waals surface area contributed by atoms with Crippen LogP contribution in [0.4, 0.5) is 0 Å². The minimum atomic E-state index is -3.35. The van der Waals surface area contributed by atoms with Crippen molar-refractivity contribution >= 4 is 21.6 Å². The van der Waals surface area contributed by atoms with Gasteiger partial charge in [0.05, 0.1) is 17.3 Å². The molecular formula is C14H16O5S. The van der Waals surface area contributed by atoms with Gasteiger partial charge in [0, 0.05) is 11.6 Å². The van der Waals surface area contributed by atoms with Gasteiger partial charge >= 0.3 is 5.97 Å². The van der Waals surface area contributed by atoms with Crippen LogP contribution in [-0.2, 0) is 19.4 Å². The van der Waals surface area contributed by atoms with Crippen LogP contribution < -0.4 is 0 Å². The van der Waals surface area contributed by atoms with Crippen molar-refractivity contribution in [1.29, 1.82) is 0 Å². The van der Waals surface area contributed by atoms with E-state index in [4.69, 9.17) is 0 Å². The van der Waals surface area contributed by atoms with Crippen molar-refractivity contribution in [1.82, 2.24) is 0 Å². The van der Waals surface area contributed by atoms with Gasteiger partial charge in [0.25, 0.3) is 0 Å². The first kappa shape index (κ1) is 16.1. The van der Waals surface area contributed by atoms with Gasteiger partial charge < -0.3 is 4.74 Å². The number of benzene rings is 1. The Bertz CT molecular complexity index is 624. The van der Waals surface area contributed by atoms with Crippen molar-refractivity contribution in [3.8, 4) is 0 Å². The highest BCUT2D eigenvalue weighted by Gasteiger charge is 2.19. The molecule has 6 heteroatoms. The van der Waals surface area contributed by atoms with E-state index in [1.54, 1.807) is 13.8 Å². The Balaban J connectivity index is 2.95. The van der Waals surface area contributed by atoms with Crippen LogP contribution in [0.15, 0.2) is 41.3 Å². The van der Waals surface area contributed by atoms with Gasteiger partial charge in [-0.15, -0.1) is 0 Å². The maximum atomic E-state index is 11.9. The third kappa shape index (κ3) is 3.77. The number of hydrogen-bond acceptors (Lipinski definition) is 5. The van der Waals surface area contributed by atoms with Crippen molar-refractivity contribution in [2.75, 3.05) is 7.11 Å². The van der Waals surface area contributed by atoms with E-state index in [0.29, 0.717) is 5.56 Å². The number of sulfone groups is 1. The Morgan fingerprint density at radius 2 is 1.65 bits per heavy atom. The highest BCUT2D eigenvalue weighted by atomic mass is 32.2. The molecule has 0 aliphatic rings. The summed E-state index contributed by atoms with van der Waals surface area (Å²) in [4.78, 5) is 22.8. The predicted octanol–water partition coefficient (Wildman–Crippen LogP) is 1.78. The normalized spacial score (nSPS) is 11.8. The molecule has 0 fully saturated rings. The van der Waals surface area contributed by atoms with E-state index in [-0.39, 0.29) is 4.90 Å². The molecule has 0 aromatic heterocycles. The Kier molecular flexibility index (Phi) is 5.21. The minimum Gasteiger partial charge on any atom is -0.466 e. The SMILES string of the molecule is COC(=O)/C=C/C(=O)c1ccc(S(=O)(=O)C(C)C)cc1. The number of carbonyl (C=O) groups is 2. The number of ether oxygens (including phenoxy) is 1. The van der Waals surface area contributed by atoms with Gasteiger partial charge in [-0.3, -0.25) is 4.79 Å². The molecule has 0 atom stereocenters. The second kappa shape index (κ2) is 6.47. The first-order valence-electron chi connectivity index (χ1n) is 5.93. The van der Waals surface area contributed by atoms with Crippen LogP contribution in [0.2, 0.25) is 0 Å². The van der Waals surface area contributed by atoms with E-state index in [1.807, 2.05) is 0 Å². The molecule has 108 valence electrons. The van der Waals surface area contributed by atoms with Crippen LogP contribution in [0.3, 0.4) is 0 Å². The molecule has 20 heavy (non-hydrogen) atoms. The van der Waals surface area contributed by atoms with Gasteiger partial charge in [-0.05, 0) is 44.2 Å². The molecule has 1 rings (SSSR count). The first-order chi connectivity index (χ1) is 9.28. The highest BCUT2D eigenvalue weighted by molar-refractivity contribution is 7.92. The molecule has 1 aromatic rings. The Morgan fingerprint density at radius 1 is 1.10 bits per heavy atom. The molecule has 0 unspecified atom stereocenters. The van der Waals surface area contributed by atoms with Crippen LogP contribution >= 0.6 is 0 Å². The van der Waals surface area contributed by atoms with Crippen molar-refractivity contribution in [3.05, 3.63) is 42.0 Å². The minimum absolute atomic E-state index is 0.168. The maximum Gasteiger partial charge on any atom is 0.330 e. The number of carbonyl (C=O) groups excluding carboxylic acids is 2. The smallest absolute Gasteiger partial charge is 0.330 e. The molecule has 0 heterocycles. The van der Waals surface area contributed by atoms with Gasteiger partial charge in [0.1, 0.15) is 0 Å². The van der Waals surface area contributed by atoms with Crippen molar-refractivity contribution in [2.24, 2.45) is 0 Å². The third-order valence-corrected chi connectivity index (χ3v) is 4.83. The molecule has 0 spiro atoms. The van der Waals surface area contributed by atoms with Gasteiger partial charge in [-0.2, -0.15) is 0 Å². The van der Waals surface area contributed by atoms with Crippen LogP contribution in [0.5, 0.6) is 0 Å². The van der Waals surface area contributed by atoms with Crippen molar-refractivity contribution in [3.63, 3.8) is 0 Å². The fraction of sp³-hybridized carbons (Fsp3) is 0.286. The number of ketones is 1. The average Bonchev–Trinajstić information content (AvgIpc) is 2.44. The van der Waals surface area contributed by atoms with Crippen molar-refractivity contribution in [2.45, 2.75) is 24.0 Å². The molecule has 0 N–H and O–H groups in total. The lowest BCUT2D eigenvalue weighted by Crippen LogP contribution is -2.14. The zero-order valence-electron chi connectivity index (χ0n) is 11.5. The molecule has 0 aliphatic heterocycles. The lowest BCUT2D eigenvalue weighted by molar-refractivity contribution is -0.134. The molecule has 0 saturated heterocycles. The van der Waals surface area contributed by atoms with Crippen LogP contribution in [0.1, 0.15) is 24.2 Å². The van der Waals surface area contributed by atoms with Gasteiger partial charge in [-0.1, -0.05) is 0 Å². The first-order valence-corrected chi connectivity index (χ1v) is 7.48. The Morgan fingerprint density at radius 3 is 2.10 bits per heavy atom. The third-order valence-electron chi connectivity index (χ3n) is 2.66. The molecule has 0 radical (unpaired) electrons. The lowest BCUT2D eigenvalue weighted by Gasteiger charge is -2.07. The molecule has 0 saturated carbocycles. The maximum absolute atomic E-state index is 11.9. The molecule has 0 bridgehead atoms. The summed E-state index contributed by atoms with van der Waals surface area (Å²) in [7, 11) is -2.14. The largest absolute Gasteiger partial charge is 0.466 e. The van der Waals surface area contributed by atoms with E-state index in [2.05, 4.69) is 4.74 Å². The van der Waals surface area contributed by atoms with E-state index < -0.39 is 26.8 Å². The van der Waals surface area contributed by atoms with Gasteiger partial charge in [0.15, 0.2) is 15.6 Å².